The molecule has 1 saturated heterocycles. The number of hydrogen-bond donors (Lipinski definition) is 2. The summed E-state index contributed by atoms with van der Waals surface area (Å²) in [5, 5.41) is 16.8. The Morgan fingerprint density at radius 3 is 2.70 bits per heavy atom. The van der Waals surface area contributed by atoms with Crippen LogP contribution in [0.1, 0.15) is 33.2 Å². The maximum Gasteiger partial charge on any atom is 0.308 e. The number of benzene rings is 1. The van der Waals surface area contributed by atoms with Gasteiger partial charge in [0, 0.05) is 49.8 Å². The second kappa shape index (κ2) is 6.77. The van der Waals surface area contributed by atoms with Gasteiger partial charge in [0.05, 0.1) is 5.92 Å². The average molecular weight is 372 g/mol. The number of H-pyrrole nitrogens is 1. The van der Waals surface area contributed by atoms with Gasteiger partial charge in [0.1, 0.15) is 5.82 Å². The Labute approximate surface area is 155 Å². The summed E-state index contributed by atoms with van der Waals surface area (Å²) < 4.78 is 13.2. The van der Waals surface area contributed by atoms with Gasteiger partial charge in [-0.05, 0) is 24.7 Å². The van der Waals surface area contributed by atoms with E-state index in [1.54, 1.807) is 17.0 Å². The predicted molar refractivity (Wildman–Crippen MR) is 94.8 cm³/mol. The van der Waals surface area contributed by atoms with Gasteiger partial charge in [0.15, 0.2) is 5.69 Å². The van der Waals surface area contributed by atoms with Crippen LogP contribution in [0.15, 0.2) is 24.3 Å². The number of likely N-dealkylation sites (N-methyl/N-ethyl adjacent to an activating group) is 1. The largest absolute Gasteiger partial charge is 0.481 e. The molecule has 0 aliphatic carbocycles. The van der Waals surface area contributed by atoms with Gasteiger partial charge in [-0.15, -0.1) is 0 Å². The quantitative estimate of drug-likeness (QED) is 0.852. The number of aromatic amines is 1. The van der Waals surface area contributed by atoms with Crippen molar-refractivity contribution in [1.82, 2.24) is 20.0 Å². The minimum atomic E-state index is -0.955. The Hall–Kier alpha value is -2.74. The summed E-state index contributed by atoms with van der Waals surface area (Å²) in [5.74, 6) is -2.67. The Balaban J connectivity index is 1.60. The van der Waals surface area contributed by atoms with Crippen molar-refractivity contribution >= 4 is 11.9 Å². The van der Waals surface area contributed by atoms with E-state index in [0.717, 1.165) is 29.8 Å². The topological polar surface area (TPSA) is 89.5 Å². The first-order valence-corrected chi connectivity index (χ1v) is 8.96. The zero-order valence-electron chi connectivity index (χ0n) is 15.0. The van der Waals surface area contributed by atoms with Crippen LogP contribution in [0.2, 0.25) is 0 Å². The Bertz CT molecular complexity index is 880. The Kier molecular flexibility index (Phi) is 4.43. The molecule has 1 aromatic heterocycles. The van der Waals surface area contributed by atoms with Gasteiger partial charge in [-0.2, -0.15) is 5.10 Å². The van der Waals surface area contributed by atoms with Crippen molar-refractivity contribution in [1.29, 1.82) is 0 Å². The summed E-state index contributed by atoms with van der Waals surface area (Å²) >= 11 is 0. The summed E-state index contributed by atoms with van der Waals surface area (Å²) in [5.41, 5.74) is 2.97. The predicted octanol–water partition coefficient (Wildman–Crippen LogP) is 1.48. The van der Waals surface area contributed by atoms with E-state index in [0.29, 0.717) is 12.2 Å². The number of aromatic nitrogens is 2. The Morgan fingerprint density at radius 2 is 2.00 bits per heavy atom. The van der Waals surface area contributed by atoms with E-state index in [1.807, 2.05) is 7.05 Å². The second-order valence-electron chi connectivity index (χ2n) is 7.33. The van der Waals surface area contributed by atoms with Gasteiger partial charge in [0.25, 0.3) is 5.91 Å². The fraction of sp³-hybridized carbons (Fsp3) is 0.421. The van der Waals surface area contributed by atoms with Gasteiger partial charge in [0.2, 0.25) is 0 Å². The van der Waals surface area contributed by atoms with Gasteiger partial charge in [-0.1, -0.05) is 12.1 Å². The first-order valence-electron chi connectivity index (χ1n) is 8.96. The molecule has 0 bridgehead atoms. The average Bonchev–Trinajstić information content (AvgIpc) is 3.26. The summed E-state index contributed by atoms with van der Waals surface area (Å²) in [4.78, 5) is 28.5. The summed E-state index contributed by atoms with van der Waals surface area (Å²) in [6, 6.07) is 5.82. The number of amides is 1. The van der Waals surface area contributed by atoms with Gasteiger partial charge < -0.3 is 14.9 Å². The number of likely N-dealkylation sites (tertiary alicyclic amines) is 1. The van der Waals surface area contributed by atoms with Gasteiger partial charge in [-0.3, -0.25) is 14.7 Å². The van der Waals surface area contributed by atoms with Crippen molar-refractivity contribution in [3.63, 3.8) is 0 Å². The van der Waals surface area contributed by atoms with Gasteiger partial charge in [-0.25, -0.2) is 4.39 Å². The SMILES string of the molecule is CN1CCc2[nH]nc(C(=O)N3C[C@@H](C(=O)O)[C@H](c4ccc(F)cc4)C3)c2C1. The molecule has 4 rings (SSSR count). The molecule has 0 radical (unpaired) electrons. The number of hydrogen-bond acceptors (Lipinski definition) is 4. The van der Waals surface area contributed by atoms with Crippen LogP contribution in [-0.4, -0.2) is 63.7 Å². The van der Waals surface area contributed by atoms with E-state index in [9.17, 15) is 19.1 Å². The molecule has 0 spiro atoms. The highest BCUT2D eigenvalue weighted by Crippen LogP contribution is 2.34. The molecule has 2 N–H and O–H groups in total. The molecule has 2 aliphatic heterocycles. The zero-order chi connectivity index (χ0) is 19.1. The number of carbonyl (C=O) groups excluding carboxylic acids is 1. The van der Waals surface area contributed by atoms with Crippen molar-refractivity contribution in [3.8, 4) is 0 Å². The van der Waals surface area contributed by atoms with Crippen LogP contribution in [0, 0.1) is 11.7 Å². The van der Waals surface area contributed by atoms with Crippen LogP contribution < -0.4 is 0 Å². The minimum Gasteiger partial charge on any atom is -0.481 e. The lowest BCUT2D eigenvalue weighted by atomic mass is 9.89. The first kappa shape index (κ1) is 17.7. The number of rotatable bonds is 3. The van der Waals surface area contributed by atoms with Gasteiger partial charge >= 0.3 is 5.97 Å². The van der Waals surface area contributed by atoms with E-state index < -0.39 is 11.9 Å². The Morgan fingerprint density at radius 1 is 1.26 bits per heavy atom. The van der Waals surface area contributed by atoms with Crippen LogP contribution in [0.4, 0.5) is 4.39 Å². The maximum atomic E-state index is 13.2. The third-order valence-electron chi connectivity index (χ3n) is 5.55. The molecule has 2 atom stereocenters. The second-order valence-corrected chi connectivity index (χ2v) is 7.33. The number of halogens is 1. The maximum absolute atomic E-state index is 13.2. The normalized spacial score (nSPS) is 22.7. The lowest BCUT2D eigenvalue weighted by Crippen LogP contribution is -2.32. The first-order chi connectivity index (χ1) is 12.9. The fourth-order valence-electron chi connectivity index (χ4n) is 4.02. The van der Waals surface area contributed by atoms with E-state index in [4.69, 9.17) is 0 Å². The monoisotopic (exact) mass is 372 g/mol. The number of aliphatic carboxylic acids is 1. The van der Waals surface area contributed by atoms with Crippen LogP contribution in [0.25, 0.3) is 0 Å². The molecule has 1 fully saturated rings. The molecule has 27 heavy (non-hydrogen) atoms. The summed E-state index contributed by atoms with van der Waals surface area (Å²) in [6.45, 7) is 1.94. The van der Waals surface area contributed by atoms with Crippen molar-refractivity contribution < 1.29 is 19.1 Å². The lowest BCUT2D eigenvalue weighted by Gasteiger charge is -2.23. The molecular formula is C19H21FN4O3. The number of fused-ring (bicyclic) bond motifs is 1. The van der Waals surface area contributed by atoms with Crippen LogP contribution >= 0.6 is 0 Å². The van der Waals surface area contributed by atoms with Crippen molar-refractivity contribution in [2.45, 2.75) is 18.9 Å². The highest BCUT2D eigenvalue weighted by atomic mass is 19.1. The number of carbonyl (C=O) groups is 2. The molecule has 2 aliphatic rings. The third kappa shape index (κ3) is 3.21. The molecule has 7 nitrogen and oxygen atoms in total. The molecule has 3 heterocycles. The van der Waals surface area contributed by atoms with Crippen LogP contribution in [0.5, 0.6) is 0 Å². The minimum absolute atomic E-state index is 0.119. The highest BCUT2D eigenvalue weighted by molar-refractivity contribution is 5.95. The van der Waals surface area contributed by atoms with E-state index >= 15 is 0 Å². The van der Waals surface area contributed by atoms with E-state index in [2.05, 4.69) is 15.1 Å². The molecule has 142 valence electrons. The van der Waals surface area contributed by atoms with E-state index in [-0.39, 0.29) is 30.7 Å². The van der Waals surface area contributed by atoms with Crippen molar-refractivity contribution in [3.05, 3.63) is 52.6 Å². The summed E-state index contributed by atoms with van der Waals surface area (Å²) in [6.07, 6.45) is 0.808. The molecule has 1 amide bonds. The zero-order valence-corrected chi connectivity index (χ0v) is 15.0. The highest BCUT2D eigenvalue weighted by Gasteiger charge is 2.42. The smallest absolute Gasteiger partial charge is 0.308 e. The summed E-state index contributed by atoms with van der Waals surface area (Å²) in [7, 11) is 1.99. The third-order valence-corrected chi connectivity index (χ3v) is 5.55. The number of carboxylic acids is 1. The van der Waals surface area contributed by atoms with E-state index in [1.165, 1.54) is 12.1 Å². The van der Waals surface area contributed by atoms with Crippen molar-refractivity contribution in [2.24, 2.45) is 5.92 Å². The number of nitrogens with zero attached hydrogens (tertiary/aromatic N) is 3. The number of carboxylic acid groups (broad SMARTS) is 1. The van der Waals surface area contributed by atoms with Crippen LogP contribution in [-0.2, 0) is 17.8 Å². The fourth-order valence-corrected chi connectivity index (χ4v) is 4.02. The number of nitrogens with one attached hydrogen (secondary N) is 1. The molecule has 0 saturated carbocycles. The molecule has 2 aromatic rings. The lowest BCUT2D eigenvalue weighted by molar-refractivity contribution is -0.141. The standard InChI is InChI=1S/C19H21FN4O3/c1-23-7-6-16-15(8-23)17(22-21-16)18(25)24-9-13(14(10-24)19(26)27)11-2-4-12(20)5-3-11/h2-5,13-14H,6-10H2,1H3,(H,21,22)(H,26,27)/t13-,14+/m0/s1. The van der Waals surface area contributed by atoms with Crippen LogP contribution in [0.3, 0.4) is 0 Å². The molecular weight excluding hydrogens is 351 g/mol. The van der Waals surface area contributed by atoms with Crippen molar-refractivity contribution in [2.75, 3.05) is 26.7 Å². The molecule has 0 unspecified atom stereocenters. The molecule has 8 heteroatoms. The molecule has 1 aromatic carbocycles.